The van der Waals surface area contributed by atoms with Crippen LogP contribution < -0.4 is 16.4 Å². The molecule has 2 heterocycles. The number of sulfone groups is 1. The highest BCUT2D eigenvalue weighted by Gasteiger charge is 2.29. The Morgan fingerprint density at radius 2 is 2.20 bits per heavy atom. The minimum absolute atomic E-state index is 0.104. The molecule has 0 aliphatic carbocycles. The first-order valence-electron chi connectivity index (χ1n) is 6.25. The molecule has 0 radical (unpaired) electrons. The number of aromatic nitrogens is 1. The summed E-state index contributed by atoms with van der Waals surface area (Å²) in [6.45, 7) is 2.24. The van der Waals surface area contributed by atoms with Gasteiger partial charge < -0.3 is 15.1 Å². The number of nitrogens with two attached hydrogens (primary N) is 1. The minimum atomic E-state index is -2.98. The monoisotopic (exact) mass is 297 g/mol. The Morgan fingerprint density at radius 3 is 2.90 bits per heavy atom. The van der Waals surface area contributed by atoms with E-state index in [1.165, 1.54) is 0 Å². The van der Waals surface area contributed by atoms with Crippen molar-refractivity contribution in [3.05, 3.63) is 22.7 Å². The van der Waals surface area contributed by atoms with E-state index in [9.17, 15) is 13.2 Å². The number of nitrogens with one attached hydrogen (secondary N) is 1. The van der Waals surface area contributed by atoms with Crippen LogP contribution in [-0.2, 0) is 9.84 Å². The zero-order chi connectivity index (χ0) is 14.5. The summed E-state index contributed by atoms with van der Waals surface area (Å²) < 4.78 is 28.2. The van der Waals surface area contributed by atoms with E-state index in [0.29, 0.717) is 23.3 Å². The summed E-state index contributed by atoms with van der Waals surface area (Å²) in [4.78, 5) is 15.7. The maximum absolute atomic E-state index is 11.6. The highest BCUT2D eigenvalue weighted by molar-refractivity contribution is 7.91. The summed E-state index contributed by atoms with van der Waals surface area (Å²) in [5.74, 6) is -0.325. The highest BCUT2D eigenvalue weighted by atomic mass is 32.2. The van der Waals surface area contributed by atoms with Crippen molar-refractivity contribution in [2.75, 3.05) is 28.7 Å². The van der Waals surface area contributed by atoms with Gasteiger partial charge in [-0.2, -0.15) is 0 Å². The van der Waals surface area contributed by atoms with Gasteiger partial charge in [-0.25, -0.2) is 13.2 Å². The SMILES string of the molecule is CC1CS(=O)(=O)CCN1c1cc2[nH]c(=O)oc2cc1N. The molecule has 2 aromatic rings. The highest BCUT2D eigenvalue weighted by Crippen LogP contribution is 2.31. The molecule has 1 aromatic heterocycles. The van der Waals surface area contributed by atoms with Gasteiger partial charge in [0.2, 0.25) is 0 Å². The van der Waals surface area contributed by atoms with E-state index >= 15 is 0 Å². The van der Waals surface area contributed by atoms with E-state index in [4.69, 9.17) is 10.2 Å². The van der Waals surface area contributed by atoms with Crippen molar-refractivity contribution in [3.8, 4) is 0 Å². The van der Waals surface area contributed by atoms with Crippen LogP contribution in [0.3, 0.4) is 0 Å². The first kappa shape index (κ1) is 13.0. The van der Waals surface area contributed by atoms with Crippen LogP contribution in [0.1, 0.15) is 6.92 Å². The van der Waals surface area contributed by atoms with Gasteiger partial charge in [0.25, 0.3) is 0 Å². The molecule has 108 valence electrons. The van der Waals surface area contributed by atoms with E-state index in [-0.39, 0.29) is 17.5 Å². The third-order valence-corrected chi connectivity index (χ3v) is 5.34. The first-order chi connectivity index (χ1) is 9.35. The smallest absolute Gasteiger partial charge is 0.408 e. The number of nitrogens with zero attached hydrogens (tertiary/aromatic N) is 1. The predicted molar refractivity (Wildman–Crippen MR) is 76.7 cm³/mol. The van der Waals surface area contributed by atoms with E-state index in [1.54, 1.807) is 12.1 Å². The first-order valence-corrected chi connectivity index (χ1v) is 8.07. The van der Waals surface area contributed by atoms with E-state index < -0.39 is 15.6 Å². The van der Waals surface area contributed by atoms with Crippen LogP contribution in [0, 0.1) is 0 Å². The Labute approximate surface area is 115 Å². The Morgan fingerprint density at radius 1 is 1.45 bits per heavy atom. The number of anilines is 2. The number of hydrogen-bond acceptors (Lipinski definition) is 6. The number of fused-ring (bicyclic) bond motifs is 1. The fraction of sp³-hybridized carbons (Fsp3) is 0.417. The molecule has 3 rings (SSSR count). The summed E-state index contributed by atoms with van der Waals surface area (Å²) in [6.07, 6.45) is 0. The van der Waals surface area contributed by atoms with Gasteiger partial charge in [0, 0.05) is 18.7 Å². The molecule has 0 amide bonds. The number of rotatable bonds is 1. The van der Waals surface area contributed by atoms with Gasteiger partial charge in [0.1, 0.15) is 0 Å². The van der Waals surface area contributed by atoms with Crippen molar-refractivity contribution in [3.63, 3.8) is 0 Å². The molecule has 8 heteroatoms. The van der Waals surface area contributed by atoms with Crippen molar-refractivity contribution >= 4 is 32.3 Å². The van der Waals surface area contributed by atoms with Gasteiger partial charge >= 0.3 is 5.76 Å². The molecule has 0 bridgehead atoms. The maximum Gasteiger partial charge on any atom is 0.417 e. The lowest BCUT2D eigenvalue weighted by Crippen LogP contribution is -2.47. The summed E-state index contributed by atoms with van der Waals surface area (Å²) in [5.41, 5.74) is 8.13. The molecule has 1 aliphatic rings. The quantitative estimate of drug-likeness (QED) is 0.734. The normalized spacial score (nSPS) is 22.2. The van der Waals surface area contributed by atoms with E-state index in [2.05, 4.69) is 4.98 Å². The van der Waals surface area contributed by atoms with Gasteiger partial charge in [-0.05, 0) is 13.0 Å². The van der Waals surface area contributed by atoms with Gasteiger partial charge in [0.15, 0.2) is 15.4 Å². The van der Waals surface area contributed by atoms with Gasteiger partial charge in [-0.15, -0.1) is 0 Å². The van der Waals surface area contributed by atoms with Crippen LogP contribution in [0.15, 0.2) is 21.3 Å². The van der Waals surface area contributed by atoms with Crippen LogP contribution in [0.4, 0.5) is 11.4 Å². The van der Waals surface area contributed by atoms with Crippen molar-refractivity contribution in [2.24, 2.45) is 0 Å². The van der Waals surface area contributed by atoms with Gasteiger partial charge in [0.05, 0.1) is 28.4 Å². The number of benzene rings is 1. The molecule has 0 saturated carbocycles. The summed E-state index contributed by atoms with van der Waals surface area (Å²) in [5, 5.41) is 0. The molecule has 0 spiro atoms. The zero-order valence-electron chi connectivity index (χ0n) is 10.9. The third kappa shape index (κ3) is 2.15. The van der Waals surface area contributed by atoms with Crippen LogP contribution in [0.2, 0.25) is 0 Å². The largest absolute Gasteiger partial charge is 0.417 e. The van der Waals surface area contributed by atoms with Gasteiger partial charge in [-0.3, -0.25) is 4.98 Å². The number of oxazole rings is 1. The molecular weight excluding hydrogens is 282 g/mol. The van der Waals surface area contributed by atoms with Crippen molar-refractivity contribution in [2.45, 2.75) is 13.0 Å². The van der Waals surface area contributed by atoms with Crippen LogP contribution in [0.5, 0.6) is 0 Å². The molecule has 1 fully saturated rings. The summed E-state index contributed by atoms with van der Waals surface area (Å²) in [7, 11) is -2.98. The molecule has 1 aromatic carbocycles. The van der Waals surface area contributed by atoms with Gasteiger partial charge in [-0.1, -0.05) is 0 Å². The van der Waals surface area contributed by atoms with Crippen LogP contribution in [0.25, 0.3) is 11.1 Å². The number of nitrogen functional groups attached to an aromatic ring is 1. The fourth-order valence-electron chi connectivity index (χ4n) is 2.61. The Balaban J connectivity index is 2.05. The second-order valence-electron chi connectivity index (χ2n) is 5.08. The molecule has 3 N–H and O–H groups in total. The Kier molecular flexibility index (Phi) is 2.79. The van der Waals surface area contributed by atoms with E-state index in [0.717, 1.165) is 5.69 Å². The number of H-pyrrole nitrogens is 1. The second kappa shape index (κ2) is 4.27. The van der Waals surface area contributed by atoms with E-state index in [1.807, 2.05) is 11.8 Å². The topological polar surface area (TPSA) is 109 Å². The molecular formula is C12H15N3O4S. The average molecular weight is 297 g/mol. The molecule has 20 heavy (non-hydrogen) atoms. The van der Waals surface area contributed by atoms with Crippen molar-refractivity contribution in [1.29, 1.82) is 0 Å². The summed E-state index contributed by atoms with van der Waals surface area (Å²) >= 11 is 0. The number of aromatic amines is 1. The minimum Gasteiger partial charge on any atom is -0.408 e. The van der Waals surface area contributed by atoms with Crippen molar-refractivity contribution < 1.29 is 12.8 Å². The Hall–Kier alpha value is -1.96. The van der Waals surface area contributed by atoms with Crippen LogP contribution in [-0.4, -0.2) is 37.5 Å². The lowest BCUT2D eigenvalue weighted by molar-refractivity contribution is 0.555. The second-order valence-corrected chi connectivity index (χ2v) is 7.31. The predicted octanol–water partition coefficient (Wildman–Crippen LogP) is 0.327. The molecule has 1 aliphatic heterocycles. The maximum atomic E-state index is 11.6. The lowest BCUT2D eigenvalue weighted by atomic mass is 10.2. The standard InChI is InChI=1S/C12H15N3O4S/c1-7-6-20(17,18)3-2-15(7)10-5-9-11(4-8(10)13)19-12(16)14-9/h4-5,7H,2-3,6,13H2,1H3,(H,14,16). The zero-order valence-corrected chi connectivity index (χ0v) is 11.7. The summed E-state index contributed by atoms with van der Waals surface area (Å²) in [6, 6.07) is 3.15. The molecule has 1 atom stereocenters. The molecule has 1 saturated heterocycles. The lowest BCUT2D eigenvalue weighted by Gasteiger charge is -2.35. The third-order valence-electron chi connectivity index (χ3n) is 3.55. The Bertz CT molecular complexity index is 821. The number of hydrogen-bond donors (Lipinski definition) is 2. The molecule has 7 nitrogen and oxygen atoms in total. The molecule has 1 unspecified atom stereocenters. The average Bonchev–Trinajstić information content (AvgIpc) is 2.66. The van der Waals surface area contributed by atoms with Crippen LogP contribution >= 0.6 is 0 Å². The van der Waals surface area contributed by atoms with Crippen molar-refractivity contribution in [1.82, 2.24) is 4.98 Å². The fourth-order valence-corrected chi connectivity index (χ4v) is 4.16.